The lowest BCUT2D eigenvalue weighted by Gasteiger charge is -2.19. The smallest absolute Gasteiger partial charge is 0.255 e. The second kappa shape index (κ2) is 10.6. The normalized spacial score (nSPS) is 11.1. The third-order valence-electron chi connectivity index (χ3n) is 5.15. The maximum absolute atomic E-state index is 12.8. The predicted molar refractivity (Wildman–Crippen MR) is 133 cm³/mol. The second-order valence-corrected chi connectivity index (χ2v) is 9.03. The number of halogens is 1. The average Bonchev–Trinajstić information content (AvgIpc) is 2.78. The van der Waals surface area contributed by atoms with Crippen LogP contribution in [0.2, 0.25) is 5.02 Å². The lowest BCUT2D eigenvalue weighted by atomic mass is 9.87. The topological polar surface area (TPSA) is 56.8 Å². The third kappa shape index (κ3) is 6.42. The highest BCUT2D eigenvalue weighted by molar-refractivity contribution is 6.32. The first-order valence-electron chi connectivity index (χ1n) is 10.8. The van der Waals surface area contributed by atoms with E-state index >= 15 is 0 Å². The molecule has 0 heterocycles. The summed E-state index contributed by atoms with van der Waals surface area (Å²) in [5.74, 6) is 1.74. The van der Waals surface area contributed by atoms with Gasteiger partial charge in [-0.05, 0) is 66.4 Å². The van der Waals surface area contributed by atoms with Gasteiger partial charge in [-0.2, -0.15) is 0 Å². The molecule has 5 nitrogen and oxygen atoms in total. The summed E-state index contributed by atoms with van der Waals surface area (Å²) in [4.78, 5) is 12.8. The van der Waals surface area contributed by atoms with Gasteiger partial charge in [0.05, 0.1) is 18.7 Å². The van der Waals surface area contributed by atoms with Gasteiger partial charge in [0.25, 0.3) is 5.91 Å². The quantitative estimate of drug-likeness (QED) is 0.392. The molecular weight excluding hydrogens is 438 g/mol. The Balaban J connectivity index is 1.76. The van der Waals surface area contributed by atoms with Crippen molar-refractivity contribution in [2.75, 3.05) is 19.0 Å². The summed E-state index contributed by atoms with van der Waals surface area (Å²) in [6, 6.07) is 18.5. The Morgan fingerprint density at radius 1 is 0.939 bits per heavy atom. The van der Waals surface area contributed by atoms with Gasteiger partial charge >= 0.3 is 0 Å². The minimum Gasteiger partial charge on any atom is -0.495 e. The van der Waals surface area contributed by atoms with Crippen LogP contribution in [-0.4, -0.2) is 19.6 Å². The molecule has 6 heteroatoms. The summed E-state index contributed by atoms with van der Waals surface area (Å²) in [5, 5.41) is 3.29. The van der Waals surface area contributed by atoms with Crippen LogP contribution in [0.4, 0.5) is 5.69 Å². The molecule has 0 fully saturated rings. The summed E-state index contributed by atoms with van der Waals surface area (Å²) in [7, 11) is 1.54. The van der Waals surface area contributed by atoms with Gasteiger partial charge in [-0.25, -0.2) is 0 Å². The fraction of sp³-hybridized carbons (Fsp3) is 0.296. The van der Waals surface area contributed by atoms with Crippen molar-refractivity contribution in [2.45, 2.75) is 39.7 Å². The number of hydrogen-bond donors (Lipinski definition) is 1. The minimum absolute atomic E-state index is 0.0798. The van der Waals surface area contributed by atoms with Crippen molar-refractivity contribution in [1.29, 1.82) is 0 Å². The molecule has 0 saturated carbocycles. The van der Waals surface area contributed by atoms with E-state index in [0.29, 0.717) is 34.4 Å². The molecule has 0 atom stereocenters. The van der Waals surface area contributed by atoms with Gasteiger partial charge in [0.2, 0.25) is 0 Å². The lowest BCUT2D eigenvalue weighted by Crippen LogP contribution is -2.13. The highest BCUT2D eigenvalue weighted by Gasteiger charge is 2.15. The summed E-state index contributed by atoms with van der Waals surface area (Å²) >= 11 is 6.16. The standard InChI is InChI=1S/C27H30ClNO4/c1-6-32-24-13-7-18(26(30)29-21-10-14-25(31-5)23(28)16-21)15-19(24)17-33-22-11-8-20(9-12-22)27(2,3)4/h7-16H,6,17H2,1-5H3,(H,29,30). The van der Waals surface area contributed by atoms with Crippen LogP contribution in [0.25, 0.3) is 0 Å². The van der Waals surface area contributed by atoms with Crippen LogP contribution in [0.5, 0.6) is 17.2 Å². The Morgan fingerprint density at radius 2 is 1.64 bits per heavy atom. The fourth-order valence-electron chi connectivity index (χ4n) is 3.29. The van der Waals surface area contributed by atoms with E-state index < -0.39 is 0 Å². The summed E-state index contributed by atoms with van der Waals surface area (Å²) in [5.41, 5.74) is 3.18. The molecule has 0 aromatic heterocycles. The Labute approximate surface area is 200 Å². The minimum atomic E-state index is -0.255. The zero-order valence-electron chi connectivity index (χ0n) is 19.7. The highest BCUT2D eigenvalue weighted by Crippen LogP contribution is 2.29. The molecule has 0 saturated heterocycles. The van der Waals surface area contributed by atoms with Gasteiger partial charge < -0.3 is 19.5 Å². The van der Waals surface area contributed by atoms with Crippen LogP contribution >= 0.6 is 11.6 Å². The Bertz CT molecular complexity index is 1100. The Hall–Kier alpha value is -3.18. The lowest BCUT2D eigenvalue weighted by molar-refractivity contribution is 0.102. The van der Waals surface area contributed by atoms with Crippen molar-refractivity contribution in [3.8, 4) is 17.2 Å². The fourth-order valence-corrected chi connectivity index (χ4v) is 3.55. The van der Waals surface area contributed by atoms with E-state index in [9.17, 15) is 4.79 Å². The van der Waals surface area contributed by atoms with E-state index in [1.165, 1.54) is 5.56 Å². The molecule has 3 aromatic carbocycles. The Morgan fingerprint density at radius 3 is 2.24 bits per heavy atom. The van der Waals surface area contributed by atoms with E-state index in [2.05, 4.69) is 38.2 Å². The average molecular weight is 468 g/mol. The number of methoxy groups -OCH3 is 1. The van der Waals surface area contributed by atoms with Crippen molar-refractivity contribution < 1.29 is 19.0 Å². The molecule has 174 valence electrons. The first-order valence-corrected chi connectivity index (χ1v) is 11.2. The van der Waals surface area contributed by atoms with Crippen LogP contribution in [0, 0.1) is 0 Å². The van der Waals surface area contributed by atoms with Crippen LogP contribution in [0.15, 0.2) is 60.7 Å². The van der Waals surface area contributed by atoms with Crippen molar-refractivity contribution in [1.82, 2.24) is 0 Å². The van der Waals surface area contributed by atoms with Crippen molar-refractivity contribution >= 4 is 23.2 Å². The number of ether oxygens (including phenoxy) is 3. The van der Waals surface area contributed by atoms with Crippen molar-refractivity contribution in [2.24, 2.45) is 0 Å². The van der Waals surface area contributed by atoms with E-state index in [1.807, 2.05) is 19.1 Å². The number of benzene rings is 3. The summed E-state index contributed by atoms with van der Waals surface area (Å²) < 4.78 is 16.9. The van der Waals surface area contributed by atoms with Crippen LogP contribution < -0.4 is 19.5 Å². The zero-order valence-corrected chi connectivity index (χ0v) is 20.5. The third-order valence-corrected chi connectivity index (χ3v) is 5.44. The van der Waals surface area contributed by atoms with Gasteiger partial charge in [-0.3, -0.25) is 4.79 Å². The molecule has 0 aliphatic rings. The molecule has 3 rings (SSSR count). The van der Waals surface area contributed by atoms with Gasteiger partial charge in [0.1, 0.15) is 23.9 Å². The molecule has 1 amide bonds. The molecule has 0 bridgehead atoms. The SMILES string of the molecule is CCOc1ccc(C(=O)Nc2ccc(OC)c(Cl)c2)cc1COc1ccc(C(C)(C)C)cc1. The van der Waals surface area contributed by atoms with Gasteiger partial charge in [0.15, 0.2) is 0 Å². The van der Waals surface area contributed by atoms with Crippen molar-refractivity contribution in [3.63, 3.8) is 0 Å². The van der Waals surface area contributed by atoms with E-state index in [0.717, 1.165) is 11.3 Å². The summed E-state index contributed by atoms with van der Waals surface area (Å²) in [6.07, 6.45) is 0. The number of rotatable bonds is 8. The maximum Gasteiger partial charge on any atom is 0.255 e. The Kier molecular flexibility index (Phi) is 7.88. The van der Waals surface area contributed by atoms with Gasteiger partial charge in [-0.15, -0.1) is 0 Å². The highest BCUT2D eigenvalue weighted by atomic mass is 35.5. The van der Waals surface area contributed by atoms with Crippen LogP contribution in [-0.2, 0) is 12.0 Å². The van der Waals surface area contributed by atoms with E-state index in [-0.39, 0.29) is 17.9 Å². The molecule has 0 radical (unpaired) electrons. The number of carbonyl (C=O) groups excluding carboxylic acids is 1. The van der Waals surface area contributed by atoms with E-state index in [4.69, 9.17) is 25.8 Å². The molecule has 0 aliphatic carbocycles. The molecule has 33 heavy (non-hydrogen) atoms. The molecular formula is C27H30ClNO4. The van der Waals surface area contributed by atoms with Crippen molar-refractivity contribution in [3.05, 3.63) is 82.4 Å². The molecule has 0 spiro atoms. The largest absolute Gasteiger partial charge is 0.495 e. The first-order chi connectivity index (χ1) is 15.7. The second-order valence-electron chi connectivity index (χ2n) is 8.62. The summed E-state index contributed by atoms with van der Waals surface area (Å²) in [6.45, 7) is 9.24. The number of amides is 1. The van der Waals surface area contributed by atoms with Crippen LogP contribution in [0.3, 0.4) is 0 Å². The number of nitrogens with one attached hydrogen (secondary N) is 1. The van der Waals surface area contributed by atoms with Crippen LogP contribution in [0.1, 0.15) is 49.2 Å². The number of anilines is 1. The van der Waals surface area contributed by atoms with Gasteiger partial charge in [0, 0.05) is 16.8 Å². The molecule has 0 unspecified atom stereocenters. The van der Waals surface area contributed by atoms with E-state index in [1.54, 1.807) is 43.5 Å². The monoisotopic (exact) mass is 467 g/mol. The zero-order chi connectivity index (χ0) is 24.0. The number of hydrogen-bond acceptors (Lipinski definition) is 4. The maximum atomic E-state index is 12.8. The molecule has 0 aliphatic heterocycles. The predicted octanol–water partition coefficient (Wildman–Crippen LogP) is 6.88. The first kappa shape index (κ1) is 24.5. The van der Waals surface area contributed by atoms with Gasteiger partial charge in [-0.1, -0.05) is 44.5 Å². The number of carbonyl (C=O) groups is 1. The molecule has 1 N–H and O–H groups in total. The molecule has 3 aromatic rings.